The maximum absolute atomic E-state index is 13.5. The Bertz CT molecular complexity index is 1030. The van der Waals surface area contributed by atoms with Crippen molar-refractivity contribution in [1.82, 2.24) is 9.80 Å². The van der Waals surface area contributed by atoms with Crippen LogP contribution in [0, 0.1) is 5.92 Å². The number of aliphatic hydroxyl groups excluding tert-OH is 1. The fourth-order valence-corrected chi connectivity index (χ4v) is 4.43. The molecule has 2 aromatic rings. The molecule has 0 unspecified atom stereocenters. The fourth-order valence-electron chi connectivity index (χ4n) is 4.43. The first kappa shape index (κ1) is 24.2. The van der Waals surface area contributed by atoms with Gasteiger partial charge in [-0.25, -0.2) is 0 Å². The van der Waals surface area contributed by atoms with Gasteiger partial charge in [-0.15, -0.1) is 0 Å². The lowest BCUT2D eigenvalue weighted by Gasteiger charge is -2.38. The number of carbonyl (C=O) groups is 1. The zero-order valence-corrected chi connectivity index (χ0v) is 20.7. The van der Waals surface area contributed by atoms with E-state index in [0.717, 1.165) is 29.3 Å². The van der Waals surface area contributed by atoms with E-state index in [1.807, 2.05) is 62.3 Å². The third-order valence-electron chi connectivity index (χ3n) is 6.55. The molecule has 0 aromatic heterocycles. The van der Waals surface area contributed by atoms with Gasteiger partial charge < -0.3 is 29.1 Å². The maximum Gasteiger partial charge on any atom is 0.258 e. The minimum absolute atomic E-state index is 0.0684. The molecule has 8 heteroatoms. The van der Waals surface area contributed by atoms with Crippen LogP contribution in [0.25, 0.3) is 0 Å². The van der Waals surface area contributed by atoms with Crippen LogP contribution in [0.5, 0.6) is 17.2 Å². The Balaban J connectivity index is 1.57. The van der Waals surface area contributed by atoms with Gasteiger partial charge >= 0.3 is 0 Å². The molecular weight excluding hydrogens is 434 g/mol. The molecule has 8 nitrogen and oxygen atoms in total. The SMILES string of the molecule is C[C@H](CO)N1C[C@H](C)[C@@H](CN(C)Cc2ccc3c(c2)OCO3)Oc2ccc(N(C)C)cc2C1=O. The van der Waals surface area contributed by atoms with Crippen molar-refractivity contribution < 1.29 is 24.1 Å². The topological polar surface area (TPSA) is 74.7 Å². The monoisotopic (exact) mass is 469 g/mol. The Labute approximate surface area is 201 Å². The van der Waals surface area contributed by atoms with E-state index < -0.39 is 0 Å². The molecule has 1 amide bonds. The lowest BCUT2D eigenvalue weighted by Crippen LogP contribution is -2.49. The number of ether oxygens (including phenoxy) is 3. The molecule has 0 fully saturated rings. The maximum atomic E-state index is 13.5. The second kappa shape index (κ2) is 10.1. The first-order chi connectivity index (χ1) is 16.3. The molecule has 34 heavy (non-hydrogen) atoms. The summed E-state index contributed by atoms with van der Waals surface area (Å²) in [5, 5.41) is 9.83. The molecule has 184 valence electrons. The summed E-state index contributed by atoms with van der Waals surface area (Å²) in [6.07, 6.45) is -0.135. The fraction of sp³-hybridized carbons (Fsp3) is 0.500. The zero-order valence-electron chi connectivity index (χ0n) is 20.7. The lowest BCUT2D eigenvalue weighted by atomic mass is 9.99. The van der Waals surface area contributed by atoms with Crippen LogP contribution in [0.3, 0.4) is 0 Å². The number of nitrogens with zero attached hydrogens (tertiary/aromatic N) is 3. The molecule has 2 aliphatic rings. The van der Waals surface area contributed by atoms with Gasteiger partial charge in [-0.3, -0.25) is 9.69 Å². The summed E-state index contributed by atoms with van der Waals surface area (Å²) < 4.78 is 17.4. The average molecular weight is 470 g/mol. The van der Waals surface area contributed by atoms with E-state index in [4.69, 9.17) is 14.2 Å². The van der Waals surface area contributed by atoms with Crippen LogP contribution in [0.4, 0.5) is 5.69 Å². The zero-order chi connectivity index (χ0) is 24.4. The Morgan fingerprint density at radius 2 is 1.82 bits per heavy atom. The number of carbonyl (C=O) groups excluding carboxylic acids is 1. The van der Waals surface area contributed by atoms with Gasteiger partial charge in [0.25, 0.3) is 5.91 Å². The van der Waals surface area contributed by atoms with Crippen molar-refractivity contribution in [3.8, 4) is 17.2 Å². The number of amides is 1. The molecule has 0 spiro atoms. The standard InChI is InChI=1S/C26H35N3O5/c1-17-12-29(18(2)15-30)26(31)21-11-20(27(3)4)7-9-22(21)34-25(17)14-28(5)13-19-6-8-23-24(10-19)33-16-32-23/h6-11,17-18,25,30H,12-16H2,1-5H3/t17-,18+,25+/m0/s1. The number of fused-ring (bicyclic) bond motifs is 2. The van der Waals surface area contributed by atoms with Crippen molar-refractivity contribution in [2.24, 2.45) is 5.92 Å². The van der Waals surface area contributed by atoms with Crippen LogP contribution < -0.4 is 19.1 Å². The van der Waals surface area contributed by atoms with Gasteiger partial charge in [0, 0.05) is 45.3 Å². The van der Waals surface area contributed by atoms with Crippen LogP contribution in [0.1, 0.15) is 29.8 Å². The first-order valence-electron chi connectivity index (χ1n) is 11.7. The average Bonchev–Trinajstić information content (AvgIpc) is 3.28. The van der Waals surface area contributed by atoms with Crippen molar-refractivity contribution in [1.29, 1.82) is 0 Å². The summed E-state index contributed by atoms with van der Waals surface area (Å²) in [5.74, 6) is 2.09. The normalized spacial score (nSPS) is 20.4. The molecule has 0 saturated carbocycles. The number of rotatable bonds is 7. The Morgan fingerprint density at radius 3 is 2.56 bits per heavy atom. The van der Waals surface area contributed by atoms with E-state index in [2.05, 4.69) is 18.9 Å². The molecule has 0 aliphatic carbocycles. The summed E-state index contributed by atoms with van der Waals surface area (Å²) in [4.78, 5) is 19.4. The quantitative estimate of drug-likeness (QED) is 0.668. The number of benzene rings is 2. The number of likely N-dealkylation sites (N-methyl/N-ethyl adjacent to an activating group) is 1. The molecule has 1 N–H and O–H groups in total. The van der Waals surface area contributed by atoms with Crippen LogP contribution in [0.15, 0.2) is 36.4 Å². The summed E-state index contributed by atoms with van der Waals surface area (Å²) in [6.45, 7) is 6.07. The predicted molar refractivity (Wildman–Crippen MR) is 131 cm³/mol. The summed E-state index contributed by atoms with van der Waals surface area (Å²) in [7, 11) is 5.95. The van der Waals surface area contributed by atoms with Crippen LogP contribution in [0.2, 0.25) is 0 Å². The highest BCUT2D eigenvalue weighted by atomic mass is 16.7. The van der Waals surface area contributed by atoms with Gasteiger partial charge in [0.05, 0.1) is 18.2 Å². The third kappa shape index (κ3) is 5.08. The number of hydrogen-bond acceptors (Lipinski definition) is 7. The summed E-state index contributed by atoms with van der Waals surface area (Å²) in [5.41, 5.74) is 2.59. The molecular formula is C26H35N3O5. The first-order valence-corrected chi connectivity index (χ1v) is 11.7. The highest BCUT2D eigenvalue weighted by Crippen LogP contribution is 2.34. The van der Waals surface area contributed by atoms with E-state index in [9.17, 15) is 9.90 Å². The summed E-state index contributed by atoms with van der Waals surface area (Å²) in [6, 6.07) is 11.4. The minimum Gasteiger partial charge on any atom is -0.488 e. The number of aliphatic hydroxyl groups is 1. The lowest BCUT2D eigenvalue weighted by molar-refractivity contribution is 0.0341. The van der Waals surface area contributed by atoms with Gasteiger partial charge in [-0.1, -0.05) is 13.0 Å². The molecule has 4 rings (SSSR count). The number of hydrogen-bond donors (Lipinski definition) is 1. The van der Waals surface area contributed by atoms with Crippen molar-refractivity contribution in [3.63, 3.8) is 0 Å². The van der Waals surface area contributed by atoms with Crippen LogP contribution >= 0.6 is 0 Å². The van der Waals surface area contributed by atoms with E-state index in [-0.39, 0.29) is 37.4 Å². The Hall–Kier alpha value is -2.97. The molecule has 2 aromatic carbocycles. The second-order valence-corrected chi connectivity index (χ2v) is 9.58. The van der Waals surface area contributed by atoms with E-state index in [0.29, 0.717) is 24.4 Å². The predicted octanol–water partition coefficient (Wildman–Crippen LogP) is 2.83. The van der Waals surface area contributed by atoms with Crippen LogP contribution in [-0.4, -0.2) is 80.6 Å². The van der Waals surface area contributed by atoms with E-state index in [1.165, 1.54) is 0 Å². The molecule has 0 radical (unpaired) electrons. The van der Waals surface area contributed by atoms with Gasteiger partial charge in [-0.2, -0.15) is 0 Å². The number of anilines is 1. The van der Waals surface area contributed by atoms with Crippen molar-refractivity contribution >= 4 is 11.6 Å². The van der Waals surface area contributed by atoms with E-state index >= 15 is 0 Å². The molecule has 0 saturated heterocycles. The third-order valence-corrected chi connectivity index (χ3v) is 6.55. The van der Waals surface area contributed by atoms with Gasteiger partial charge in [0.2, 0.25) is 6.79 Å². The molecule has 2 heterocycles. The Morgan fingerprint density at radius 1 is 1.09 bits per heavy atom. The van der Waals surface area contributed by atoms with Gasteiger partial charge in [0.15, 0.2) is 11.5 Å². The highest BCUT2D eigenvalue weighted by Gasteiger charge is 2.33. The summed E-state index contributed by atoms with van der Waals surface area (Å²) >= 11 is 0. The minimum atomic E-state index is -0.282. The van der Waals surface area contributed by atoms with E-state index in [1.54, 1.807) is 4.90 Å². The molecule has 2 aliphatic heterocycles. The second-order valence-electron chi connectivity index (χ2n) is 9.58. The van der Waals surface area contributed by atoms with Gasteiger partial charge in [0.1, 0.15) is 11.9 Å². The van der Waals surface area contributed by atoms with Crippen molar-refractivity contribution in [2.45, 2.75) is 32.5 Å². The van der Waals surface area contributed by atoms with Crippen molar-refractivity contribution in [3.05, 3.63) is 47.5 Å². The molecule has 0 bridgehead atoms. The van der Waals surface area contributed by atoms with Gasteiger partial charge in [-0.05, 0) is 49.9 Å². The largest absolute Gasteiger partial charge is 0.488 e. The Kier molecular flexibility index (Phi) is 7.19. The molecule has 3 atom stereocenters. The van der Waals surface area contributed by atoms with Crippen molar-refractivity contribution in [2.75, 3.05) is 52.5 Å². The van der Waals surface area contributed by atoms with Crippen LogP contribution in [-0.2, 0) is 6.54 Å². The smallest absolute Gasteiger partial charge is 0.258 e. The highest BCUT2D eigenvalue weighted by molar-refractivity contribution is 5.98.